The van der Waals surface area contributed by atoms with Crippen molar-refractivity contribution in [2.24, 2.45) is 0 Å². The highest BCUT2D eigenvalue weighted by Crippen LogP contribution is 2.29. The van der Waals surface area contributed by atoms with Gasteiger partial charge in [0.25, 0.3) is 11.4 Å². The minimum atomic E-state index is -0.521. The van der Waals surface area contributed by atoms with Gasteiger partial charge in [-0.25, -0.2) is 0 Å². The summed E-state index contributed by atoms with van der Waals surface area (Å²) in [7, 11) is 0. The van der Waals surface area contributed by atoms with Crippen LogP contribution in [0, 0.1) is 34.1 Å². The minimum absolute atomic E-state index is 0.112. The number of halogens is 2. The van der Waals surface area contributed by atoms with Gasteiger partial charge in [0.2, 0.25) is 0 Å². The molecule has 0 saturated carbocycles. The molecule has 132 valence electrons. The lowest BCUT2D eigenvalue weighted by Crippen LogP contribution is -2.02. The van der Waals surface area contributed by atoms with Crippen molar-refractivity contribution in [1.29, 1.82) is 0 Å². The second kappa shape index (κ2) is 7.77. The van der Waals surface area contributed by atoms with E-state index in [4.69, 9.17) is 27.9 Å². The molecular formula is C16H14Cl2N2O5. The molecule has 0 saturated heterocycles. The highest BCUT2D eigenvalue weighted by atomic mass is 35.5. The van der Waals surface area contributed by atoms with Gasteiger partial charge in [-0.1, -0.05) is 23.2 Å². The van der Waals surface area contributed by atoms with Crippen LogP contribution in [0.25, 0.3) is 0 Å². The lowest BCUT2D eigenvalue weighted by atomic mass is 10.1. The van der Waals surface area contributed by atoms with Gasteiger partial charge in [-0.2, -0.15) is 0 Å². The van der Waals surface area contributed by atoms with Crippen molar-refractivity contribution in [3.05, 3.63) is 76.8 Å². The molecule has 0 heterocycles. The normalized spacial score (nSPS) is 10.7. The molecule has 2 aromatic carbocycles. The van der Waals surface area contributed by atoms with Crippen LogP contribution in [0.5, 0.6) is 0 Å². The minimum Gasteiger partial charge on any atom is -0.372 e. The number of hydrogen-bond acceptors (Lipinski definition) is 5. The molecule has 2 aromatic rings. The van der Waals surface area contributed by atoms with Gasteiger partial charge in [-0.15, -0.1) is 0 Å². The van der Waals surface area contributed by atoms with E-state index >= 15 is 0 Å². The van der Waals surface area contributed by atoms with Crippen LogP contribution in [-0.4, -0.2) is 9.85 Å². The van der Waals surface area contributed by atoms with Crippen molar-refractivity contribution >= 4 is 34.6 Å². The molecule has 0 atom stereocenters. The van der Waals surface area contributed by atoms with Crippen molar-refractivity contribution in [2.45, 2.75) is 27.1 Å². The van der Waals surface area contributed by atoms with Crippen LogP contribution in [-0.2, 0) is 18.0 Å². The van der Waals surface area contributed by atoms with Crippen LogP contribution >= 0.6 is 23.2 Å². The maximum atomic E-state index is 11.1. The van der Waals surface area contributed by atoms with Crippen molar-refractivity contribution in [3.63, 3.8) is 0 Å². The summed E-state index contributed by atoms with van der Waals surface area (Å²) < 4.78 is 5.45. The second-order valence-corrected chi connectivity index (χ2v) is 6.28. The molecule has 0 spiro atoms. The molecule has 0 aromatic heterocycles. The summed E-state index contributed by atoms with van der Waals surface area (Å²) in [5.74, 6) is 0. The summed E-state index contributed by atoms with van der Waals surface area (Å²) in [5.41, 5.74) is 1.52. The third-order valence-electron chi connectivity index (χ3n) is 3.63. The number of nitro groups is 2. The average molecular weight is 385 g/mol. The molecule has 0 amide bonds. The molecule has 0 N–H and O–H groups in total. The fraction of sp³-hybridized carbons (Fsp3) is 0.250. The zero-order valence-corrected chi connectivity index (χ0v) is 14.9. The summed E-state index contributed by atoms with van der Waals surface area (Å²) in [6.07, 6.45) is 0. The Morgan fingerprint density at radius 2 is 1.20 bits per heavy atom. The van der Waals surface area contributed by atoms with Gasteiger partial charge in [0, 0.05) is 22.2 Å². The van der Waals surface area contributed by atoms with Crippen LogP contribution in [0.2, 0.25) is 10.0 Å². The predicted octanol–water partition coefficient (Wildman–Crippen LogP) is 5.14. The largest absolute Gasteiger partial charge is 0.372 e. The molecule has 7 nitrogen and oxygen atoms in total. The summed E-state index contributed by atoms with van der Waals surface area (Å²) in [5, 5.41) is 23.1. The van der Waals surface area contributed by atoms with E-state index in [1.54, 1.807) is 13.8 Å². The first-order valence-electron chi connectivity index (χ1n) is 7.15. The highest BCUT2D eigenvalue weighted by molar-refractivity contribution is 6.31. The van der Waals surface area contributed by atoms with E-state index in [0.717, 1.165) is 0 Å². The number of hydrogen-bond donors (Lipinski definition) is 0. The fourth-order valence-corrected chi connectivity index (χ4v) is 2.63. The topological polar surface area (TPSA) is 95.5 Å². The van der Waals surface area contributed by atoms with E-state index in [9.17, 15) is 20.2 Å². The maximum absolute atomic E-state index is 11.1. The molecule has 0 fully saturated rings. The molecule has 0 aliphatic heterocycles. The van der Waals surface area contributed by atoms with Crippen molar-refractivity contribution in [1.82, 2.24) is 0 Å². The number of benzene rings is 2. The monoisotopic (exact) mass is 384 g/mol. The molecule has 0 radical (unpaired) electrons. The fourth-order valence-electron chi connectivity index (χ4n) is 2.26. The Bertz CT molecular complexity index is 785. The van der Waals surface area contributed by atoms with Gasteiger partial charge >= 0.3 is 0 Å². The molecule has 9 heteroatoms. The quantitative estimate of drug-likeness (QED) is 0.507. The van der Waals surface area contributed by atoms with Gasteiger partial charge in [-0.05, 0) is 37.1 Å². The van der Waals surface area contributed by atoms with Gasteiger partial charge in [0.1, 0.15) is 0 Å². The smallest absolute Gasteiger partial charge is 0.275 e. The first kappa shape index (κ1) is 19.1. The molecule has 2 rings (SSSR count). The first-order chi connectivity index (χ1) is 11.7. The summed E-state index contributed by atoms with van der Waals surface area (Å²) >= 11 is 12.0. The van der Waals surface area contributed by atoms with Crippen molar-refractivity contribution in [2.75, 3.05) is 0 Å². The first-order valence-corrected chi connectivity index (χ1v) is 7.91. The predicted molar refractivity (Wildman–Crippen MR) is 94.2 cm³/mol. The van der Waals surface area contributed by atoms with Crippen LogP contribution in [0.1, 0.15) is 22.3 Å². The number of nitrogens with zero attached hydrogens (tertiary/aromatic N) is 2. The van der Waals surface area contributed by atoms with E-state index in [1.165, 1.54) is 24.3 Å². The highest BCUT2D eigenvalue weighted by Gasteiger charge is 2.19. The molecule has 0 unspecified atom stereocenters. The van der Waals surface area contributed by atoms with Crippen molar-refractivity contribution < 1.29 is 14.6 Å². The van der Waals surface area contributed by atoms with Gasteiger partial charge < -0.3 is 4.74 Å². The summed E-state index contributed by atoms with van der Waals surface area (Å²) in [6.45, 7) is 3.10. The lowest BCUT2D eigenvalue weighted by molar-refractivity contribution is -0.386. The Morgan fingerprint density at radius 3 is 1.52 bits per heavy atom. The van der Waals surface area contributed by atoms with Gasteiger partial charge in [0.05, 0.1) is 34.2 Å². The van der Waals surface area contributed by atoms with Crippen LogP contribution in [0.3, 0.4) is 0 Å². The Balaban J connectivity index is 2.22. The number of ether oxygens (including phenoxy) is 1. The van der Waals surface area contributed by atoms with E-state index in [2.05, 4.69) is 0 Å². The maximum Gasteiger partial charge on any atom is 0.275 e. The van der Waals surface area contributed by atoms with E-state index in [0.29, 0.717) is 32.3 Å². The lowest BCUT2D eigenvalue weighted by Gasteiger charge is -2.09. The summed E-state index contributed by atoms with van der Waals surface area (Å²) in [6, 6.07) is 5.66. The van der Waals surface area contributed by atoms with Crippen LogP contribution in [0.4, 0.5) is 11.4 Å². The van der Waals surface area contributed by atoms with Crippen LogP contribution in [0.15, 0.2) is 24.3 Å². The molecular weight excluding hydrogens is 371 g/mol. The Hall–Kier alpha value is -2.22. The van der Waals surface area contributed by atoms with Gasteiger partial charge in [0.15, 0.2) is 0 Å². The van der Waals surface area contributed by atoms with E-state index in [-0.39, 0.29) is 24.6 Å². The number of aryl methyl sites for hydroxylation is 2. The SMILES string of the molecule is Cc1cc([N+](=O)[O-])c(COCc2cc(Cl)c(C)cc2[N+](=O)[O-])cc1Cl. The van der Waals surface area contributed by atoms with Crippen LogP contribution < -0.4 is 0 Å². The second-order valence-electron chi connectivity index (χ2n) is 5.47. The van der Waals surface area contributed by atoms with E-state index < -0.39 is 9.85 Å². The third kappa shape index (κ3) is 4.45. The zero-order valence-electron chi connectivity index (χ0n) is 13.4. The molecule has 25 heavy (non-hydrogen) atoms. The molecule has 0 aliphatic rings. The molecule has 0 aliphatic carbocycles. The number of nitro benzene ring substituents is 2. The average Bonchev–Trinajstić information content (AvgIpc) is 2.53. The zero-order chi connectivity index (χ0) is 18.7. The van der Waals surface area contributed by atoms with Gasteiger partial charge in [-0.3, -0.25) is 20.2 Å². The van der Waals surface area contributed by atoms with E-state index in [1.807, 2.05) is 0 Å². The Labute approximate surface area is 153 Å². The van der Waals surface area contributed by atoms with Crippen molar-refractivity contribution in [3.8, 4) is 0 Å². The standard InChI is InChI=1S/C16H14Cl2N2O5/c1-9-3-15(19(21)22)11(5-13(9)17)7-25-8-12-6-14(18)10(2)4-16(12)20(23)24/h3-6H,7-8H2,1-2H3. The molecule has 0 bridgehead atoms. The third-order valence-corrected chi connectivity index (χ3v) is 4.44. The number of rotatable bonds is 6. The Morgan fingerprint density at radius 1 is 0.840 bits per heavy atom. The summed E-state index contributed by atoms with van der Waals surface area (Å²) in [4.78, 5) is 21.2. The Kier molecular flexibility index (Phi) is 5.94.